The highest BCUT2D eigenvalue weighted by atomic mass is 16.5. The van der Waals surface area contributed by atoms with Crippen LogP contribution < -0.4 is 5.32 Å². The van der Waals surface area contributed by atoms with E-state index in [1.54, 1.807) is 19.1 Å². The van der Waals surface area contributed by atoms with Gasteiger partial charge in [0.1, 0.15) is 0 Å². The monoisotopic (exact) mass is 358 g/mol. The molecular formula is C20H26N2O4. The van der Waals surface area contributed by atoms with E-state index in [1.807, 2.05) is 24.0 Å². The number of likely N-dealkylation sites (tertiary alicyclic amines) is 1. The SMILES string of the molecule is Cc1ccc(NC(=O)[C@H](C)OC(=O)[C@@H]2CC(=O)N(C3CCCC3)C2)cc1. The maximum absolute atomic E-state index is 12.4. The number of benzene rings is 1. The summed E-state index contributed by atoms with van der Waals surface area (Å²) in [5, 5.41) is 2.73. The number of hydrogen-bond acceptors (Lipinski definition) is 4. The Balaban J connectivity index is 1.51. The maximum Gasteiger partial charge on any atom is 0.312 e. The first-order chi connectivity index (χ1) is 12.4. The van der Waals surface area contributed by atoms with E-state index in [4.69, 9.17) is 4.74 Å². The Morgan fingerprint density at radius 1 is 1.19 bits per heavy atom. The lowest BCUT2D eigenvalue weighted by Gasteiger charge is -2.24. The Morgan fingerprint density at radius 3 is 2.50 bits per heavy atom. The molecule has 0 radical (unpaired) electrons. The van der Waals surface area contributed by atoms with Crippen LogP contribution in [0.4, 0.5) is 5.69 Å². The molecule has 1 aliphatic heterocycles. The summed E-state index contributed by atoms with van der Waals surface area (Å²) in [5.41, 5.74) is 1.76. The molecule has 1 aromatic rings. The van der Waals surface area contributed by atoms with Gasteiger partial charge in [-0.3, -0.25) is 14.4 Å². The molecule has 6 heteroatoms. The number of hydrogen-bond donors (Lipinski definition) is 1. The summed E-state index contributed by atoms with van der Waals surface area (Å²) in [6, 6.07) is 7.66. The van der Waals surface area contributed by atoms with Gasteiger partial charge >= 0.3 is 5.97 Å². The van der Waals surface area contributed by atoms with Crippen molar-refractivity contribution in [1.29, 1.82) is 0 Å². The summed E-state index contributed by atoms with van der Waals surface area (Å²) in [4.78, 5) is 38.6. The van der Waals surface area contributed by atoms with Gasteiger partial charge in [-0.25, -0.2) is 0 Å². The van der Waals surface area contributed by atoms with Crippen LogP contribution in [0.15, 0.2) is 24.3 Å². The predicted molar refractivity (Wildman–Crippen MR) is 97.4 cm³/mol. The first kappa shape index (κ1) is 18.4. The quantitative estimate of drug-likeness (QED) is 0.821. The maximum atomic E-state index is 12.4. The highest BCUT2D eigenvalue weighted by Crippen LogP contribution is 2.30. The number of rotatable bonds is 5. The second kappa shape index (κ2) is 7.89. The number of amides is 2. The number of nitrogens with zero attached hydrogens (tertiary/aromatic N) is 1. The second-order valence-corrected chi connectivity index (χ2v) is 7.32. The van der Waals surface area contributed by atoms with Gasteiger partial charge in [-0.1, -0.05) is 30.5 Å². The van der Waals surface area contributed by atoms with Crippen LogP contribution in [0.3, 0.4) is 0 Å². The zero-order chi connectivity index (χ0) is 18.7. The number of carbonyl (C=O) groups is 3. The summed E-state index contributed by atoms with van der Waals surface area (Å²) < 4.78 is 5.32. The molecule has 3 rings (SSSR count). The molecule has 1 aromatic carbocycles. The molecule has 1 saturated heterocycles. The number of carbonyl (C=O) groups excluding carboxylic acids is 3. The Kier molecular flexibility index (Phi) is 5.59. The molecule has 0 unspecified atom stereocenters. The Labute approximate surface area is 153 Å². The highest BCUT2D eigenvalue weighted by Gasteiger charge is 2.40. The van der Waals surface area contributed by atoms with Crippen LogP contribution in [0.5, 0.6) is 0 Å². The standard InChI is InChI=1S/C20H26N2O4/c1-13-7-9-16(10-8-13)21-19(24)14(2)26-20(25)15-11-18(23)22(12-15)17-5-3-4-6-17/h7-10,14-15,17H,3-6,11-12H2,1-2H3,(H,21,24)/t14-,15+/m0/s1. The molecule has 1 N–H and O–H groups in total. The van der Waals surface area contributed by atoms with Crippen LogP contribution in [-0.4, -0.2) is 41.4 Å². The fourth-order valence-corrected chi connectivity index (χ4v) is 3.66. The number of aryl methyl sites for hydroxylation is 1. The van der Waals surface area contributed by atoms with Crippen LogP contribution in [0, 0.1) is 12.8 Å². The Bertz CT molecular complexity index is 680. The van der Waals surface area contributed by atoms with Gasteiger partial charge in [-0.2, -0.15) is 0 Å². The molecule has 0 spiro atoms. The van der Waals surface area contributed by atoms with Crippen LogP contribution >= 0.6 is 0 Å². The molecule has 26 heavy (non-hydrogen) atoms. The zero-order valence-corrected chi connectivity index (χ0v) is 15.4. The Morgan fingerprint density at radius 2 is 1.85 bits per heavy atom. The van der Waals surface area contributed by atoms with E-state index in [2.05, 4.69) is 5.32 Å². The van der Waals surface area contributed by atoms with E-state index >= 15 is 0 Å². The van der Waals surface area contributed by atoms with Gasteiger partial charge in [0.15, 0.2) is 6.10 Å². The van der Waals surface area contributed by atoms with Gasteiger partial charge in [-0.15, -0.1) is 0 Å². The predicted octanol–water partition coefficient (Wildman–Crippen LogP) is 2.66. The van der Waals surface area contributed by atoms with Crippen molar-refractivity contribution in [2.45, 2.75) is 58.1 Å². The molecule has 0 bridgehead atoms. The van der Waals surface area contributed by atoms with Crippen molar-refractivity contribution in [2.24, 2.45) is 5.92 Å². The van der Waals surface area contributed by atoms with Crippen molar-refractivity contribution in [1.82, 2.24) is 4.90 Å². The lowest BCUT2D eigenvalue weighted by Crippen LogP contribution is -2.36. The van der Waals surface area contributed by atoms with E-state index in [9.17, 15) is 14.4 Å². The number of ether oxygens (including phenoxy) is 1. The summed E-state index contributed by atoms with van der Waals surface area (Å²) in [5.74, 6) is -1.29. The fourth-order valence-electron chi connectivity index (χ4n) is 3.66. The third kappa shape index (κ3) is 4.23. The fraction of sp³-hybridized carbons (Fsp3) is 0.550. The summed E-state index contributed by atoms with van der Waals surface area (Å²) in [6.45, 7) is 3.93. The molecule has 6 nitrogen and oxygen atoms in total. The first-order valence-corrected chi connectivity index (χ1v) is 9.31. The summed E-state index contributed by atoms with van der Waals surface area (Å²) in [6.07, 6.45) is 3.59. The largest absolute Gasteiger partial charge is 0.452 e. The molecular weight excluding hydrogens is 332 g/mol. The molecule has 0 aromatic heterocycles. The molecule has 140 valence electrons. The van der Waals surface area contributed by atoms with Gasteiger partial charge in [0.25, 0.3) is 5.91 Å². The number of esters is 1. The molecule has 2 amide bonds. The van der Waals surface area contributed by atoms with Crippen LogP contribution in [-0.2, 0) is 19.1 Å². The van der Waals surface area contributed by atoms with Crippen molar-refractivity contribution in [3.8, 4) is 0 Å². The van der Waals surface area contributed by atoms with E-state index in [1.165, 1.54) is 0 Å². The average Bonchev–Trinajstić information content (AvgIpc) is 3.26. The van der Waals surface area contributed by atoms with Crippen molar-refractivity contribution < 1.29 is 19.1 Å². The average molecular weight is 358 g/mol. The van der Waals surface area contributed by atoms with Crippen molar-refractivity contribution >= 4 is 23.5 Å². The van der Waals surface area contributed by atoms with E-state index < -0.39 is 18.0 Å². The molecule has 1 saturated carbocycles. The summed E-state index contributed by atoms with van der Waals surface area (Å²) >= 11 is 0. The second-order valence-electron chi connectivity index (χ2n) is 7.32. The van der Waals surface area contributed by atoms with Crippen molar-refractivity contribution in [3.63, 3.8) is 0 Å². The third-order valence-electron chi connectivity index (χ3n) is 5.24. The van der Waals surface area contributed by atoms with Crippen LogP contribution in [0.25, 0.3) is 0 Å². The third-order valence-corrected chi connectivity index (χ3v) is 5.24. The molecule has 2 atom stereocenters. The molecule has 2 aliphatic rings. The summed E-state index contributed by atoms with van der Waals surface area (Å²) in [7, 11) is 0. The first-order valence-electron chi connectivity index (χ1n) is 9.31. The van der Waals surface area contributed by atoms with Crippen molar-refractivity contribution in [2.75, 3.05) is 11.9 Å². The normalized spacial score (nSPS) is 21.7. The molecule has 1 aliphatic carbocycles. The lowest BCUT2D eigenvalue weighted by molar-refractivity contribution is -0.157. The topological polar surface area (TPSA) is 75.7 Å². The van der Waals surface area contributed by atoms with E-state index in [0.717, 1.165) is 31.2 Å². The molecule has 1 heterocycles. The number of anilines is 1. The molecule has 2 fully saturated rings. The van der Waals surface area contributed by atoms with Gasteiger partial charge in [0.2, 0.25) is 5.91 Å². The van der Waals surface area contributed by atoms with Crippen LogP contribution in [0.1, 0.15) is 44.6 Å². The van der Waals surface area contributed by atoms with Gasteiger partial charge in [0.05, 0.1) is 5.92 Å². The minimum absolute atomic E-state index is 0.0237. The van der Waals surface area contributed by atoms with E-state index in [-0.39, 0.29) is 24.3 Å². The highest BCUT2D eigenvalue weighted by molar-refractivity contribution is 5.95. The smallest absolute Gasteiger partial charge is 0.312 e. The zero-order valence-electron chi connectivity index (χ0n) is 15.4. The number of nitrogens with one attached hydrogen (secondary N) is 1. The van der Waals surface area contributed by atoms with E-state index in [0.29, 0.717) is 12.2 Å². The lowest BCUT2D eigenvalue weighted by atomic mass is 10.1. The minimum Gasteiger partial charge on any atom is -0.452 e. The minimum atomic E-state index is -0.903. The van der Waals surface area contributed by atoms with Gasteiger partial charge in [-0.05, 0) is 38.8 Å². The van der Waals surface area contributed by atoms with Crippen LogP contribution in [0.2, 0.25) is 0 Å². The van der Waals surface area contributed by atoms with Crippen molar-refractivity contribution in [3.05, 3.63) is 29.8 Å². The van der Waals surface area contributed by atoms with Gasteiger partial charge < -0.3 is 15.0 Å². The Hall–Kier alpha value is -2.37. The van der Waals surface area contributed by atoms with Gasteiger partial charge in [0, 0.05) is 24.7 Å².